The van der Waals surface area contributed by atoms with Crippen LogP contribution in [-0.2, 0) is 10.0 Å². The van der Waals surface area contributed by atoms with Crippen molar-refractivity contribution >= 4 is 10.0 Å². The molecule has 1 saturated carbocycles. The van der Waals surface area contributed by atoms with Crippen LogP contribution in [-0.4, -0.2) is 25.3 Å². The van der Waals surface area contributed by atoms with E-state index in [0.717, 1.165) is 32.1 Å². The molecule has 1 aromatic carbocycles. The van der Waals surface area contributed by atoms with E-state index in [2.05, 4.69) is 0 Å². The molecule has 0 spiro atoms. The molecule has 0 N–H and O–H groups in total. The average molecular weight is 304 g/mol. The highest BCUT2D eigenvalue weighted by atomic mass is 32.2. The van der Waals surface area contributed by atoms with Gasteiger partial charge >= 0.3 is 0 Å². The normalized spacial score (nSPS) is 26.8. The van der Waals surface area contributed by atoms with E-state index in [1.807, 2.05) is 6.07 Å². The number of hydrogen-bond acceptors (Lipinski definition) is 3. The number of benzene rings is 1. The van der Waals surface area contributed by atoms with E-state index in [-0.39, 0.29) is 10.9 Å². The zero-order valence-electron chi connectivity index (χ0n) is 12.0. The predicted molar refractivity (Wildman–Crippen MR) is 80.0 cm³/mol. The van der Waals surface area contributed by atoms with Gasteiger partial charge in [-0.1, -0.05) is 18.9 Å². The lowest BCUT2D eigenvalue weighted by molar-refractivity contribution is 0.129. The molecule has 1 heterocycles. The summed E-state index contributed by atoms with van der Waals surface area (Å²) in [5.74, 6) is 0.515. The molecule has 1 aromatic rings. The smallest absolute Gasteiger partial charge is 0.207 e. The van der Waals surface area contributed by atoms with Gasteiger partial charge in [-0.25, -0.2) is 8.42 Å². The first-order valence-corrected chi connectivity index (χ1v) is 9.09. The van der Waals surface area contributed by atoms with Gasteiger partial charge in [0, 0.05) is 12.6 Å². The van der Waals surface area contributed by atoms with E-state index < -0.39 is 10.0 Å². The van der Waals surface area contributed by atoms with Gasteiger partial charge in [-0.05, 0) is 49.8 Å². The van der Waals surface area contributed by atoms with Crippen molar-refractivity contribution in [1.29, 1.82) is 5.26 Å². The van der Waals surface area contributed by atoms with Crippen molar-refractivity contribution in [3.05, 3.63) is 29.8 Å². The lowest BCUT2D eigenvalue weighted by atomic mass is 9.79. The first kappa shape index (κ1) is 14.6. The van der Waals surface area contributed by atoms with Crippen LogP contribution in [0.1, 0.15) is 44.1 Å². The van der Waals surface area contributed by atoms with Gasteiger partial charge < -0.3 is 0 Å². The third-order valence-corrected chi connectivity index (χ3v) is 6.68. The van der Waals surface area contributed by atoms with E-state index in [1.165, 1.54) is 12.5 Å². The van der Waals surface area contributed by atoms with Crippen LogP contribution in [0.3, 0.4) is 0 Å². The Kier molecular flexibility index (Phi) is 4.01. The van der Waals surface area contributed by atoms with E-state index in [9.17, 15) is 8.42 Å². The van der Waals surface area contributed by atoms with Crippen molar-refractivity contribution in [2.24, 2.45) is 5.92 Å². The fourth-order valence-electron chi connectivity index (χ4n) is 3.74. The van der Waals surface area contributed by atoms with Gasteiger partial charge in [0.15, 0.2) is 0 Å². The van der Waals surface area contributed by atoms with Crippen LogP contribution in [0.25, 0.3) is 0 Å². The largest absolute Gasteiger partial charge is 0.243 e. The highest BCUT2D eigenvalue weighted by Gasteiger charge is 2.39. The maximum Gasteiger partial charge on any atom is 0.243 e. The van der Waals surface area contributed by atoms with Gasteiger partial charge in [0.2, 0.25) is 10.0 Å². The topological polar surface area (TPSA) is 61.2 Å². The molecule has 3 rings (SSSR count). The minimum atomic E-state index is -3.48. The van der Waals surface area contributed by atoms with Gasteiger partial charge in [0.25, 0.3) is 0 Å². The SMILES string of the molecule is N#Cc1cccc(S(=O)(=O)N2CCCC3CCCCC32)c1. The minimum absolute atomic E-state index is 0.156. The monoisotopic (exact) mass is 304 g/mol. The molecular formula is C16H20N2O2S. The second kappa shape index (κ2) is 5.78. The summed E-state index contributed by atoms with van der Waals surface area (Å²) in [6.45, 7) is 0.611. The van der Waals surface area contributed by atoms with Gasteiger partial charge in [-0.2, -0.15) is 9.57 Å². The quantitative estimate of drug-likeness (QED) is 0.844. The molecule has 0 bridgehead atoms. The molecule has 0 aromatic heterocycles. The zero-order chi connectivity index (χ0) is 14.9. The lowest BCUT2D eigenvalue weighted by Crippen LogP contribution is -2.49. The second-order valence-electron chi connectivity index (χ2n) is 6.01. The number of hydrogen-bond donors (Lipinski definition) is 0. The van der Waals surface area contributed by atoms with Crippen molar-refractivity contribution < 1.29 is 8.42 Å². The Morgan fingerprint density at radius 3 is 2.71 bits per heavy atom. The highest BCUT2D eigenvalue weighted by Crippen LogP contribution is 2.38. The molecule has 2 atom stereocenters. The highest BCUT2D eigenvalue weighted by molar-refractivity contribution is 7.89. The van der Waals surface area contributed by atoms with Crippen LogP contribution >= 0.6 is 0 Å². The zero-order valence-corrected chi connectivity index (χ0v) is 12.8. The maximum atomic E-state index is 12.9. The second-order valence-corrected chi connectivity index (χ2v) is 7.90. The summed E-state index contributed by atoms with van der Waals surface area (Å²) in [5.41, 5.74) is 0.397. The van der Waals surface area contributed by atoms with E-state index in [4.69, 9.17) is 5.26 Å². The van der Waals surface area contributed by atoms with Crippen LogP contribution in [0.2, 0.25) is 0 Å². The molecule has 2 fully saturated rings. The fourth-order valence-corrected chi connectivity index (χ4v) is 5.54. The Morgan fingerprint density at radius 2 is 1.90 bits per heavy atom. The lowest BCUT2D eigenvalue weighted by Gasteiger charge is -2.43. The first-order valence-electron chi connectivity index (χ1n) is 7.65. The first-order chi connectivity index (χ1) is 10.1. The summed E-state index contributed by atoms with van der Waals surface area (Å²) in [6.07, 6.45) is 6.55. The third kappa shape index (κ3) is 2.70. The Balaban J connectivity index is 1.94. The summed E-state index contributed by atoms with van der Waals surface area (Å²) in [4.78, 5) is 0.257. The maximum absolute atomic E-state index is 12.9. The summed E-state index contributed by atoms with van der Waals surface area (Å²) in [7, 11) is -3.48. The fraction of sp³-hybridized carbons (Fsp3) is 0.562. The molecule has 2 aliphatic rings. The van der Waals surface area contributed by atoms with Gasteiger partial charge in [0.1, 0.15) is 0 Å². The molecule has 2 unspecified atom stereocenters. The van der Waals surface area contributed by atoms with Crippen molar-refractivity contribution in [3.63, 3.8) is 0 Å². The van der Waals surface area contributed by atoms with Crippen molar-refractivity contribution in [2.45, 2.75) is 49.5 Å². The Labute approximate surface area is 126 Å². The number of rotatable bonds is 2. The van der Waals surface area contributed by atoms with Gasteiger partial charge in [-0.15, -0.1) is 0 Å². The molecular weight excluding hydrogens is 284 g/mol. The van der Waals surface area contributed by atoms with E-state index in [1.54, 1.807) is 22.5 Å². The molecule has 21 heavy (non-hydrogen) atoms. The van der Waals surface area contributed by atoms with Crippen LogP contribution in [0.15, 0.2) is 29.2 Å². The molecule has 5 heteroatoms. The number of piperidine rings is 1. The Hall–Kier alpha value is -1.38. The summed E-state index contributed by atoms with van der Waals surface area (Å²) in [5, 5.41) is 8.97. The predicted octanol–water partition coefficient (Wildman–Crippen LogP) is 2.90. The molecule has 1 aliphatic heterocycles. The molecule has 4 nitrogen and oxygen atoms in total. The van der Waals surface area contributed by atoms with Crippen molar-refractivity contribution in [2.75, 3.05) is 6.54 Å². The van der Waals surface area contributed by atoms with Gasteiger partial charge in [0.05, 0.1) is 16.5 Å². The van der Waals surface area contributed by atoms with Crippen LogP contribution in [0.4, 0.5) is 0 Å². The molecule has 112 valence electrons. The molecule has 1 saturated heterocycles. The van der Waals surface area contributed by atoms with E-state index in [0.29, 0.717) is 18.0 Å². The number of sulfonamides is 1. The van der Waals surface area contributed by atoms with Gasteiger partial charge in [-0.3, -0.25) is 0 Å². The summed E-state index contributed by atoms with van der Waals surface area (Å²) < 4.78 is 27.6. The number of fused-ring (bicyclic) bond motifs is 1. The average Bonchev–Trinajstić information content (AvgIpc) is 2.54. The number of nitriles is 1. The number of nitrogens with zero attached hydrogens (tertiary/aromatic N) is 2. The summed E-state index contributed by atoms with van der Waals surface area (Å²) in [6, 6.07) is 8.54. The molecule has 0 radical (unpaired) electrons. The molecule has 0 amide bonds. The van der Waals surface area contributed by atoms with Crippen LogP contribution < -0.4 is 0 Å². The van der Waals surface area contributed by atoms with Crippen LogP contribution in [0.5, 0.6) is 0 Å². The van der Waals surface area contributed by atoms with Crippen molar-refractivity contribution in [1.82, 2.24) is 4.31 Å². The third-order valence-electron chi connectivity index (χ3n) is 4.76. The standard InChI is InChI=1S/C16H20N2O2S/c17-12-13-5-3-8-15(11-13)21(19,20)18-10-4-7-14-6-1-2-9-16(14)18/h3,5,8,11,14,16H,1-2,4,6-7,9-10H2. The minimum Gasteiger partial charge on any atom is -0.207 e. The summed E-state index contributed by atoms with van der Waals surface area (Å²) >= 11 is 0. The Morgan fingerprint density at radius 1 is 1.14 bits per heavy atom. The van der Waals surface area contributed by atoms with E-state index >= 15 is 0 Å². The molecule has 1 aliphatic carbocycles. The van der Waals surface area contributed by atoms with Crippen molar-refractivity contribution in [3.8, 4) is 6.07 Å². The van der Waals surface area contributed by atoms with Crippen LogP contribution in [0, 0.1) is 17.2 Å². The Bertz CT molecular complexity index is 661.